The van der Waals surface area contributed by atoms with Crippen LogP contribution >= 0.6 is 0 Å². The third-order valence-electron chi connectivity index (χ3n) is 1.96. The molecule has 0 aromatic heterocycles. The molecule has 1 atom stereocenters. The molecule has 1 aromatic carbocycles. The lowest BCUT2D eigenvalue weighted by atomic mass is 10.2. The summed E-state index contributed by atoms with van der Waals surface area (Å²) < 4.78 is 5.06. The highest BCUT2D eigenvalue weighted by molar-refractivity contribution is 5.13. The van der Waals surface area contributed by atoms with Crippen molar-refractivity contribution in [3.8, 4) is 0 Å². The van der Waals surface area contributed by atoms with Gasteiger partial charge in [-0.05, 0) is 12.5 Å². The van der Waals surface area contributed by atoms with E-state index in [-0.39, 0.29) is 6.10 Å². The van der Waals surface area contributed by atoms with Crippen molar-refractivity contribution in [1.82, 2.24) is 5.48 Å². The number of hydrogen-bond donors (Lipinski definition) is 1. The Kier molecular flexibility index (Phi) is 5.22. The molecule has 1 N–H and O–H groups in total. The summed E-state index contributed by atoms with van der Waals surface area (Å²) in [6.07, 6.45) is 0.172. The van der Waals surface area contributed by atoms with Crippen LogP contribution in [0.25, 0.3) is 0 Å². The largest absolute Gasteiger partial charge is 0.380 e. The Morgan fingerprint density at radius 1 is 1.29 bits per heavy atom. The molecule has 0 saturated heterocycles. The Balaban J connectivity index is 2.10. The Morgan fingerprint density at radius 3 is 2.64 bits per heavy atom. The van der Waals surface area contributed by atoms with Gasteiger partial charge in [-0.25, -0.2) is 0 Å². The summed E-state index contributed by atoms with van der Waals surface area (Å²) in [5.74, 6) is 0. The van der Waals surface area contributed by atoms with Gasteiger partial charge in [0, 0.05) is 13.7 Å². The van der Waals surface area contributed by atoms with Crippen molar-refractivity contribution in [2.24, 2.45) is 0 Å². The number of nitrogens with one attached hydrogen (secondary N) is 1. The minimum atomic E-state index is 0.172. The van der Waals surface area contributed by atoms with Gasteiger partial charge in [-0.3, -0.25) is 4.84 Å². The second kappa shape index (κ2) is 6.54. The molecule has 1 rings (SSSR count). The van der Waals surface area contributed by atoms with Gasteiger partial charge in [0.25, 0.3) is 0 Å². The van der Waals surface area contributed by atoms with Gasteiger partial charge < -0.3 is 4.74 Å². The maximum Gasteiger partial charge on any atom is 0.0933 e. The summed E-state index contributed by atoms with van der Waals surface area (Å²) in [6.45, 7) is 3.26. The van der Waals surface area contributed by atoms with Crippen LogP contribution in [0.2, 0.25) is 0 Å². The van der Waals surface area contributed by atoms with Crippen LogP contribution in [0.5, 0.6) is 0 Å². The normalized spacial score (nSPS) is 12.7. The number of hydroxylamine groups is 1. The van der Waals surface area contributed by atoms with E-state index in [1.807, 2.05) is 37.3 Å². The predicted molar refractivity (Wildman–Crippen MR) is 55.7 cm³/mol. The second-order valence-corrected chi connectivity index (χ2v) is 3.17. The van der Waals surface area contributed by atoms with Crippen molar-refractivity contribution < 1.29 is 9.57 Å². The average molecular weight is 195 g/mol. The molecule has 0 bridgehead atoms. The van der Waals surface area contributed by atoms with Gasteiger partial charge in [0.2, 0.25) is 0 Å². The van der Waals surface area contributed by atoms with Crippen molar-refractivity contribution in [3.05, 3.63) is 35.9 Å². The third-order valence-corrected chi connectivity index (χ3v) is 1.96. The molecular weight excluding hydrogens is 178 g/mol. The number of methoxy groups -OCH3 is 1. The number of hydrogen-bond acceptors (Lipinski definition) is 3. The molecule has 0 spiro atoms. The molecule has 0 aliphatic rings. The van der Waals surface area contributed by atoms with E-state index in [4.69, 9.17) is 9.57 Å². The van der Waals surface area contributed by atoms with Crippen LogP contribution in [0, 0.1) is 0 Å². The van der Waals surface area contributed by atoms with E-state index >= 15 is 0 Å². The molecule has 0 aliphatic heterocycles. The van der Waals surface area contributed by atoms with Gasteiger partial charge in [-0.1, -0.05) is 30.3 Å². The smallest absolute Gasteiger partial charge is 0.0933 e. The molecule has 0 heterocycles. The van der Waals surface area contributed by atoms with Crippen molar-refractivity contribution in [3.63, 3.8) is 0 Å². The first-order valence-electron chi connectivity index (χ1n) is 4.74. The SMILES string of the molecule is COC(C)CNOCc1ccccc1. The van der Waals surface area contributed by atoms with Gasteiger partial charge in [0.1, 0.15) is 0 Å². The van der Waals surface area contributed by atoms with E-state index in [1.165, 1.54) is 0 Å². The zero-order valence-electron chi connectivity index (χ0n) is 8.69. The molecular formula is C11H17NO2. The van der Waals surface area contributed by atoms with E-state index < -0.39 is 0 Å². The zero-order valence-corrected chi connectivity index (χ0v) is 8.69. The molecule has 1 aromatic rings. The fourth-order valence-corrected chi connectivity index (χ4v) is 0.968. The van der Waals surface area contributed by atoms with Gasteiger partial charge in [-0.2, -0.15) is 5.48 Å². The Bertz CT molecular complexity index is 238. The monoisotopic (exact) mass is 195 g/mol. The summed E-state index contributed by atoms with van der Waals surface area (Å²) in [5, 5.41) is 0. The average Bonchev–Trinajstić information content (AvgIpc) is 2.25. The summed E-state index contributed by atoms with van der Waals surface area (Å²) in [7, 11) is 1.68. The second-order valence-electron chi connectivity index (χ2n) is 3.17. The first kappa shape index (κ1) is 11.2. The van der Waals surface area contributed by atoms with Crippen LogP contribution in [0.4, 0.5) is 0 Å². The molecule has 0 aliphatic carbocycles. The molecule has 0 fully saturated rings. The van der Waals surface area contributed by atoms with E-state index in [1.54, 1.807) is 7.11 Å². The summed E-state index contributed by atoms with van der Waals surface area (Å²) in [5.41, 5.74) is 4.02. The maximum atomic E-state index is 5.26. The molecule has 3 heteroatoms. The van der Waals surface area contributed by atoms with Crippen LogP contribution in [-0.2, 0) is 16.2 Å². The lowest BCUT2D eigenvalue weighted by molar-refractivity contribution is -0.00308. The van der Waals surface area contributed by atoms with Crippen LogP contribution in [0.3, 0.4) is 0 Å². The fourth-order valence-electron chi connectivity index (χ4n) is 0.968. The third kappa shape index (κ3) is 4.37. The minimum Gasteiger partial charge on any atom is -0.380 e. The van der Waals surface area contributed by atoms with E-state index in [0.29, 0.717) is 13.2 Å². The van der Waals surface area contributed by atoms with Gasteiger partial charge >= 0.3 is 0 Å². The summed E-state index contributed by atoms with van der Waals surface area (Å²) in [4.78, 5) is 5.26. The van der Waals surface area contributed by atoms with Crippen molar-refractivity contribution in [1.29, 1.82) is 0 Å². The maximum absolute atomic E-state index is 5.26. The first-order chi connectivity index (χ1) is 6.83. The van der Waals surface area contributed by atoms with E-state index in [9.17, 15) is 0 Å². The topological polar surface area (TPSA) is 30.5 Å². The zero-order chi connectivity index (χ0) is 10.2. The molecule has 3 nitrogen and oxygen atoms in total. The number of ether oxygens (including phenoxy) is 1. The number of rotatable bonds is 6. The van der Waals surface area contributed by atoms with Gasteiger partial charge in [-0.15, -0.1) is 0 Å². The standard InChI is InChI=1S/C11H17NO2/c1-10(13-2)8-12-14-9-11-6-4-3-5-7-11/h3-7,10,12H,8-9H2,1-2H3. The lowest BCUT2D eigenvalue weighted by Crippen LogP contribution is -2.26. The Morgan fingerprint density at radius 2 is 2.00 bits per heavy atom. The summed E-state index contributed by atoms with van der Waals surface area (Å²) in [6, 6.07) is 10.0. The quantitative estimate of drug-likeness (QED) is 0.554. The molecule has 78 valence electrons. The molecule has 14 heavy (non-hydrogen) atoms. The van der Waals surface area contributed by atoms with Crippen molar-refractivity contribution in [2.45, 2.75) is 19.6 Å². The van der Waals surface area contributed by atoms with Crippen LogP contribution in [0.1, 0.15) is 12.5 Å². The van der Waals surface area contributed by atoms with Crippen LogP contribution < -0.4 is 5.48 Å². The first-order valence-corrected chi connectivity index (χ1v) is 4.74. The number of benzene rings is 1. The molecule has 1 unspecified atom stereocenters. The van der Waals surface area contributed by atoms with Gasteiger partial charge in [0.15, 0.2) is 0 Å². The Hall–Kier alpha value is -0.900. The van der Waals surface area contributed by atoms with Crippen LogP contribution in [-0.4, -0.2) is 19.8 Å². The van der Waals surface area contributed by atoms with Crippen molar-refractivity contribution >= 4 is 0 Å². The predicted octanol–water partition coefficient (Wildman–Crippen LogP) is 1.74. The molecule has 0 radical (unpaired) electrons. The highest BCUT2D eigenvalue weighted by Gasteiger charge is 1.97. The molecule has 0 amide bonds. The van der Waals surface area contributed by atoms with E-state index in [2.05, 4.69) is 5.48 Å². The Labute approximate surface area is 85.0 Å². The summed E-state index contributed by atoms with van der Waals surface area (Å²) >= 11 is 0. The van der Waals surface area contributed by atoms with Crippen LogP contribution in [0.15, 0.2) is 30.3 Å². The van der Waals surface area contributed by atoms with Gasteiger partial charge in [0.05, 0.1) is 12.7 Å². The highest BCUT2D eigenvalue weighted by Crippen LogP contribution is 1.98. The highest BCUT2D eigenvalue weighted by atomic mass is 16.6. The van der Waals surface area contributed by atoms with E-state index in [0.717, 1.165) is 5.56 Å². The fraction of sp³-hybridized carbons (Fsp3) is 0.455. The molecule has 0 saturated carbocycles. The minimum absolute atomic E-state index is 0.172. The lowest BCUT2D eigenvalue weighted by Gasteiger charge is -2.10. The van der Waals surface area contributed by atoms with Crippen molar-refractivity contribution in [2.75, 3.05) is 13.7 Å².